The molecule has 1 atom stereocenters. The van der Waals surface area contributed by atoms with E-state index < -0.39 is 47.6 Å². The molecule has 11 heteroatoms. The molecule has 2 aromatic carbocycles. The number of hydrogen-bond acceptors (Lipinski definition) is 4. The average molecular weight is 472 g/mol. The Hall–Kier alpha value is -3.21. The van der Waals surface area contributed by atoms with Crippen LogP contribution in [0.5, 0.6) is 5.75 Å². The summed E-state index contributed by atoms with van der Waals surface area (Å²) in [4.78, 5) is 24.6. The van der Waals surface area contributed by atoms with Gasteiger partial charge in [-0.05, 0) is 53.9 Å². The fraction of sp³-hybridized carbons (Fsp3) is 0.364. The van der Waals surface area contributed by atoms with Gasteiger partial charge in [-0.3, -0.25) is 9.59 Å². The van der Waals surface area contributed by atoms with E-state index in [1.165, 1.54) is 11.0 Å². The Morgan fingerprint density at radius 3 is 2.39 bits per heavy atom. The van der Waals surface area contributed by atoms with Gasteiger partial charge in [-0.2, -0.15) is 13.2 Å². The maximum atomic E-state index is 13.7. The van der Waals surface area contributed by atoms with E-state index in [2.05, 4.69) is 0 Å². The molecule has 0 radical (unpaired) electrons. The number of ether oxygens (including phenoxy) is 1. The first-order valence-electron chi connectivity index (χ1n) is 9.89. The molecule has 3 rings (SSSR count). The summed E-state index contributed by atoms with van der Waals surface area (Å²) in [6.45, 7) is 0.425. The van der Waals surface area contributed by atoms with Crippen LogP contribution >= 0.6 is 0 Å². The highest BCUT2D eigenvalue weighted by Gasteiger charge is 2.34. The molecule has 6 nitrogen and oxygen atoms in total. The van der Waals surface area contributed by atoms with Gasteiger partial charge in [0.2, 0.25) is 5.91 Å². The zero-order valence-electron chi connectivity index (χ0n) is 17.5. The summed E-state index contributed by atoms with van der Waals surface area (Å²) in [7, 11) is 0. The largest absolute Gasteiger partial charge is 0.489 e. The summed E-state index contributed by atoms with van der Waals surface area (Å²) in [6.07, 6.45) is -4.86. The summed E-state index contributed by atoms with van der Waals surface area (Å²) in [5, 5.41) is 8.81. The van der Waals surface area contributed by atoms with Crippen molar-refractivity contribution in [3.8, 4) is 5.75 Å². The first-order valence-corrected chi connectivity index (χ1v) is 9.89. The summed E-state index contributed by atoms with van der Waals surface area (Å²) in [6, 6.07) is 5.57. The van der Waals surface area contributed by atoms with Crippen molar-refractivity contribution in [2.24, 2.45) is 5.73 Å². The van der Waals surface area contributed by atoms with Crippen LogP contribution in [0.2, 0.25) is 0 Å². The predicted octanol–water partition coefficient (Wildman–Crippen LogP) is 4.09. The van der Waals surface area contributed by atoms with E-state index >= 15 is 0 Å². The van der Waals surface area contributed by atoms with Gasteiger partial charge in [-0.1, -0.05) is 0 Å². The summed E-state index contributed by atoms with van der Waals surface area (Å²) >= 11 is 0. The van der Waals surface area contributed by atoms with E-state index in [0.29, 0.717) is 30.7 Å². The van der Waals surface area contributed by atoms with Crippen LogP contribution in [0.4, 0.5) is 27.6 Å². The number of nitrogens with zero attached hydrogens (tertiary/aromatic N) is 1. The molecule has 1 heterocycles. The van der Waals surface area contributed by atoms with Crippen molar-refractivity contribution in [2.45, 2.75) is 44.5 Å². The maximum Gasteiger partial charge on any atom is 0.416 e. The highest BCUT2D eigenvalue weighted by Crippen LogP contribution is 2.36. The minimum atomic E-state index is -4.79. The van der Waals surface area contributed by atoms with Gasteiger partial charge in [0, 0.05) is 24.7 Å². The normalized spacial score (nSPS) is 14.7. The number of rotatable bonds is 7. The van der Waals surface area contributed by atoms with Crippen molar-refractivity contribution < 1.29 is 41.4 Å². The molecule has 0 fully saturated rings. The molecule has 1 amide bonds. The zero-order valence-corrected chi connectivity index (χ0v) is 17.5. The monoisotopic (exact) mass is 472 g/mol. The van der Waals surface area contributed by atoms with Gasteiger partial charge >= 0.3 is 12.1 Å². The number of fused-ring (bicyclic) bond motifs is 1. The molecular formula is C22H21F5N2O4. The standard InChI is InChI=1S/C22H21F5N2O4/c1-21(23,24)14-6-12(7-15(9-14)22(25,26)27)11-33-16-2-3-18-13(8-16)4-5-29(18)20(32)17(28)10-19(30)31/h2-3,6-9,17H,4-5,10-11,28H2,1H3,(H,30,31)/t17-/m1/s1. The number of hydrogen-bond donors (Lipinski definition) is 2. The van der Waals surface area contributed by atoms with Gasteiger partial charge in [0.05, 0.1) is 18.0 Å². The van der Waals surface area contributed by atoms with Gasteiger partial charge in [-0.25, -0.2) is 8.78 Å². The number of carbonyl (C=O) groups excluding carboxylic acids is 1. The van der Waals surface area contributed by atoms with Crippen molar-refractivity contribution in [1.29, 1.82) is 0 Å². The summed E-state index contributed by atoms with van der Waals surface area (Å²) in [5.41, 5.74) is 4.85. The topological polar surface area (TPSA) is 92.9 Å². The highest BCUT2D eigenvalue weighted by molar-refractivity contribution is 6.00. The Morgan fingerprint density at radius 2 is 1.79 bits per heavy atom. The molecular weight excluding hydrogens is 451 g/mol. The summed E-state index contributed by atoms with van der Waals surface area (Å²) < 4.78 is 72.2. The lowest BCUT2D eigenvalue weighted by Crippen LogP contribution is -2.44. The van der Waals surface area contributed by atoms with E-state index in [1.807, 2.05) is 0 Å². The fourth-order valence-corrected chi connectivity index (χ4v) is 3.53. The number of nitrogens with two attached hydrogens (primary N) is 1. The number of anilines is 1. The van der Waals surface area contributed by atoms with Crippen molar-refractivity contribution in [1.82, 2.24) is 0 Å². The molecule has 0 unspecified atom stereocenters. The lowest BCUT2D eigenvalue weighted by molar-refractivity contribution is -0.139. The molecule has 0 aliphatic carbocycles. The molecule has 178 valence electrons. The molecule has 0 aromatic heterocycles. The van der Waals surface area contributed by atoms with Crippen LogP contribution in [-0.4, -0.2) is 29.6 Å². The Kier molecular flexibility index (Phi) is 6.64. The highest BCUT2D eigenvalue weighted by atomic mass is 19.4. The molecule has 0 saturated heterocycles. The van der Waals surface area contributed by atoms with Crippen LogP contribution in [0.1, 0.15) is 35.6 Å². The molecule has 3 N–H and O–H groups in total. The maximum absolute atomic E-state index is 13.7. The van der Waals surface area contributed by atoms with E-state index in [0.717, 1.165) is 12.1 Å². The number of benzene rings is 2. The van der Waals surface area contributed by atoms with Gasteiger partial charge < -0.3 is 20.5 Å². The van der Waals surface area contributed by atoms with Crippen molar-refractivity contribution in [3.63, 3.8) is 0 Å². The SMILES string of the molecule is CC(F)(F)c1cc(COc2ccc3c(c2)CCN3C(=O)[C@H](N)CC(=O)O)cc(C(F)(F)F)c1. The third-order valence-electron chi connectivity index (χ3n) is 5.16. The van der Waals surface area contributed by atoms with E-state index in [4.69, 9.17) is 15.6 Å². The summed E-state index contributed by atoms with van der Waals surface area (Å²) in [5.74, 6) is -4.92. The van der Waals surface area contributed by atoms with E-state index in [-0.39, 0.29) is 24.5 Å². The van der Waals surface area contributed by atoms with Crippen LogP contribution in [-0.2, 0) is 34.7 Å². The predicted molar refractivity (Wildman–Crippen MR) is 108 cm³/mol. The number of carboxylic acids is 1. The fourth-order valence-electron chi connectivity index (χ4n) is 3.53. The van der Waals surface area contributed by atoms with Crippen molar-refractivity contribution in [3.05, 3.63) is 58.7 Å². The van der Waals surface area contributed by atoms with Crippen LogP contribution in [0, 0.1) is 0 Å². The average Bonchev–Trinajstić information content (AvgIpc) is 3.12. The zero-order chi connectivity index (χ0) is 24.6. The second-order valence-corrected chi connectivity index (χ2v) is 7.83. The second kappa shape index (κ2) is 8.97. The van der Waals surface area contributed by atoms with E-state index in [9.17, 15) is 31.5 Å². The Bertz CT molecular complexity index is 1030. The number of carboxylic acid groups (broad SMARTS) is 1. The van der Waals surface area contributed by atoms with Crippen molar-refractivity contribution >= 4 is 17.6 Å². The quantitative estimate of drug-likeness (QED) is 0.593. The van der Waals surface area contributed by atoms with Crippen molar-refractivity contribution in [2.75, 3.05) is 11.4 Å². The Morgan fingerprint density at radius 1 is 1.12 bits per heavy atom. The van der Waals surface area contributed by atoms with E-state index in [1.54, 1.807) is 12.1 Å². The Labute approximate surface area is 185 Å². The number of amides is 1. The number of halogens is 5. The molecule has 1 aliphatic heterocycles. The molecule has 0 saturated carbocycles. The van der Waals surface area contributed by atoms with Gasteiger partial charge in [0.25, 0.3) is 5.92 Å². The van der Waals surface area contributed by atoms with Crippen LogP contribution in [0.3, 0.4) is 0 Å². The van der Waals surface area contributed by atoms with Gasteiger partial charge in [-0.15, -0.1) is 0 Å². The first kappa shape index (κ1) is 24.4. The van der Waals surface area contributed by atoms with Crippen LogP contribution in [0.25, 0.3) is 0 Å². The third-order valence-corrected chi connectivity index (χ3v) is 5.16. The minimum absolute atomic E-state index is 0.0710. The lowest BCUT2D eigenvalue weighted by atomic mass is 10.0. The van der Waals surface area contributed by atoms with Crippen LogP contribution in [0.15, 0.2) is 36.4 Å². The first-order chi connectivity index (χ1) is 15.3. The number of aliphatic carboxylic acids is 1. The second-order valence-electron chi connectivity index (χ2n) is 7.83. The van der Waals surface area contributed by atoms with Crippen LogP contribution < -0.4 is 15.4 Å². The molecule has 1 aliphatic rings. The molecule has 0 spiro atoms. The molecule has 2 aromatic rings. The molecule has 0 bridgehead atoms. The number of carbonyl (C=O) groups is 2. The molecule has 33 heavy (non-hydrogen) atoms. The van der Waals surface area contributed by atoms with Gasteiger partial charge in [0.1, 0.15) is 12.4 Å². The third kappa shape index (κ3) is 5.78. The lowest BCUT2D eigenvalue weighted by Gasteiger charge is -2.21. The Balaban J connectivity index is 1.76. The van der Waals surface area contributed by atoms with Gasteiger partial charge in [0.15, 0.2) is 0 Å². The number of alkyl halides is 5. The minimum Gasteiger partial charge on any atom is -0.489 e. The smallest absolute Gasteiger partial charge is 0.416 e.